The minimum absolute atomic E-state index is 0.0783. The summed E-state index contributed by atoms with van der Waals surface area (Å²) in [5.74, 6) is -0.579. The summed E-state index contributed by atoms with van der Waals surface area (Å²) in [7, 11) is 1.92. The third-order valence-electron chi connectivity index (χ3n) is 4.05. The standard InChI is InChI=1S/C15H24FN3O/c1-6-15(3,4)19(5)10(2)14(20)18-13-8-7-11(16)9-12(13)17/h7-10H,6,17H2,1-5H3,(H,18,20). The number of nitrogen functional groups attached to an aromatic ring is 1. The smallest absolute Gasteiger partial charge is 0.241 e. The third-order valence-corrected chi connectivity index (χ3v) is 4.05. The molecule has 0 saturated carbocycles. The molecule has 0 spiro atoms. The molecule has 0 heterocycles. The predicted molar refractivity (Wildman–Crippen MR) is 81.0 cm³/mol. The second-order valence-electron chi connectivity index (χ2n) is 5.67. The zero-order valence-corrected chi connectivity index (χ0v) is 12.8. The molecule has 0 aliphatic carbocycles. The summed E-state index contributed by atoms with van der Waals surface area (Å²) in [6.07, 6.45) is 0.930. The average molecular weight is 281 g/mol. The van der Waals surface area contributed by atoms with Gasteiger partial charge in [0.1, 0.15) is 5.82 Å². The Balaban J connectivity index is 2.80. The molecule has 0 saturated heterocycles. The van der Waals surface area contributed by atoms with Crippen molar-refractivity contribution in [1.29, 1.82) is 0 Å². The quantitative estimate of drug-likeness (QED) is 0.816. The average Bonchev–Trinajstić information content (AvgIpc) is 2.40. The van der Waals surface area contributed by atoms with Crippen molar-refractivity contribution in [1.82, 2.24) is 4.90 Å². The number of nitrogens with two attached hydrogens (primary N) is 1. The highest BCUT2D eigenvalue weighted by Gasteiger charge is 2.29. The van der Waals surface area contributed by atoms with E-state index in [-0.39, 0.29) is 23.2 Å². The van der Waals surface area contributed by atoms with Crippen LogP contribution in [-0.4, -0.2) is 29.4 Å². The Morgan fingerprint density at radius 1 is 1.50 bits per heavy atom. The zero-order valence-electron chi connectivity index (χ0n) is 12.8. The molecule has 1 unspecified atom stereocenters. The number of amides is 1. The van der Waals surface area contributed by atoms with Gasteiger partial charge < -0.3 is 11.1 Å². The van der Waals surface area contributed by atoms with Crippen LogP contribution in [0.15, 0.2) is 18.2 Å². The molecule has 0 aliphatic heterocycles. The van der Waals surface area contributed by atoms with Crippen molar-refractivity contribution in [2.75, 3.05) is 18.1 Å². The van der Waals surface area contributed by atoms with Crippen molar-refractivity contribution in [3.05, 3.63) is 24.0 Å². The summed E-state index contributed by atoms with van der Waals surface area (Å²) in [6.45, 7) is 8.09. The molecule has 1 aromatic rings. The minimum atomic E-state index is -0.419. The van der Waals surface area contributed by atoms with E-state index in [1.54, 1.807) is 0 Å². The molecule has 0 radical (unpaired) electrons. The van der Waals surface area contributed by atoms with E-state index >= 15 is 0 Å². The number of hydrogen-bond donors (Lipinski definition) is 2. The van der Waals surface area contributed by atoms with Crippen LogP contribution in [-0.2, 0) is 4.79 Å². The number of nitrogens with zero attached hydrogens (tertiary/aromatic N) is 1. The summed E-state index contributed by atoms with van der Waals surface area (Å²) >= 11 is 0. The highest BCUT2D eigenvalue weighted by atomic mass is 19.1. The van der Waals surface area contributed by atoms with Gasteiger partial charge in [-0.3, -0.25) is 9.69 Å². The van der Waals surface area contributed by atoms with Crippen LogP contribution in [0.1, 0.15) is 34.1 Å². The molecule has 20 heavy (non-hydrogen) atoms. The molecule has 112 valence electrons. The number of nitrogens with one attached hydrogen (secondary N) is 1. The second-order valence-corrected chi connectivity index (χ2v) is 5.67. The molecule has 5 heteroatoms. The summed E-state index contributed by atoms with van der Waals surface area (Å²) in [4.78, 5) is 14.3. The maximum absolute atomic E-state index is 13.0. The van der Waals surface area contributed by atoms with E-state index in [1.807, 2.05) is 18.9 Å². The van der Waals surface area contributed by atoms with Crippen LogP contribution < -0.4 is 11.1 Å². The van der Waals surface area contributed by atoms with Crippen LogP contribution in [0.4, 0.5) is 15.8 Å². The summed E-state index contributed by atoms with van der Waals surface area (Å²) in [5, 5.41) is 2.74. The molecule has 1 rings (SSSR count). The summed E-state index contributed by atoms with van der Waals surface area (Å²) in [5.41, 5.74) is 6.27. The molecule has 0 bridgehead atoms. The maximum Gasteiger partial charge on any atom is 0.241 e. The molecule has 1 amide bonds. The van der Waals surface area contributed by atoms with Gasteiger partial charge in [-0.15, -0.1) is 0 Å². The molecule has 1 aromatic carbocycles. The monoisotopic (exact) mass is 281 g/mol. The lowest BCUT2D eigenvalue weighted by molar-refractivity contribution is -0.122. The van der Waals surface area contributed by atoms with Crippen LogP contribution in [0.2, 0.25) is 0 Å². The van der Waals surface area contributed by atoms with Gasteiger partial charge in [0.15, 0.2) is 0 Å². The zero-order chi connectivity index (χ0) is 15.5. The van der Waals surface area contributed by atoms with Crippen LogP contribution in [0.5, 0.6) is 0 Å². The fourth-order valence-electron chi connectivity index (χ4n) is 1.83. The number of carbonyl (C=O) groups excluding carboxylic acids is 1. The van der Waals surface area contributed by atoms with Gasteiger partial charge in [-0.25, -0.2) is 4.39 Å². The lowest BCUT2D eigenvalue weighted by Gasteiger charge is -2.38. The summed E-state index contributed by atoms with van der Waals surface area (Å²) < 4.78 is 13.0. The van der Waals surface area contributed by atoms with Crippen LogP contribution in [0, 0.1) is 5.82 Å². The van der Waals surface area contributed by atoms with Gasteiger partial charge in [-0.1, -0.05) is 6.92 Å². The highest BCUT2D eigenvalue weighted by molar-refractivity contribution is 5.97. The fourth-order valence-corrected chi connectivity index (χ4v) is 1.83. The number of rotatable bonds is 5. The summed E-state index contributed by atoms with van der Waals surface area (Å²) in [6, 6.07) is 3.63. The van der Waals surface area contributed by atoms with Gasteiger partial charge in [0.05, 0.1) is 17.4 Å². The fraction of sp³-hybridized carbons (Fsp3) is 0.533. The van der Waals surface area contributed by atoms with Gasteiger partial charge >= 0.3 is 0 Å². The van der Waals surface area contributed by atoms with E-state index in [4.69, 9.17) is 5.73 Å². The first-order valence-corrected chi connectivity index (χ1v) is 6.78. The Hall–Kier alpha value is -1.62. The number of likely N-dealkylation sites (N-methyl/N-ethyl adjacent to an activating group) is 1. The van der Waals surface area contributed by atoms with Crippen molar-refractivity contribution in [3.63, 3.8) is 0 Å². The van der Waals surface area contributed by atoms with Crippen molar-refractivity contribution in [2.24, 2.45) is 0 Å². The van der Waals surface area contributed by atoms with Gasteiger partial charge in [-0.05, 0) is 52.4 Å². The molecule has 3 N–H and O–H groups in total. The Kier molecular flexibility index (Phi) is 5.11. The van der Waals surface area contributed by atoms with Crippen molar-refractivity contribution < 1.29 is 9.18 Å². The van der Waals surface area contributed by atoms with Gasteiger partial charge in [0, 0.05) is 5.54 Å². The topological polar surface area (TPSA) is 58.4 Å². The molecule has 1 atom stereocenters. The predicted octanol–water partition coefficient (Wildman–Crippen LogP) is 2.86. The first kappa shape index (κ1) is 16.4. The second kappa shape index (κ2) is 6.22. The van der Waals surface area contributed by atoms with Crippen molar-refractivity contribution in [3.8, 4) is 0 Å². The molecular weight excluding hydrogens is 257 g/mol. The van der Waals surface area contributed by atoms with Gasteiger partial charge in [0.25, 0.3) is 0 Å². The molecule has 0 aliphatic rings. The third kappa shape index (κ3) is 3.70. The van der Waals surface area contributed by atoms with E-state index < -0.39 is 5.82 Å². The molecule has 0 fully saturated rings. The Labute approximate surface area is 120 Å². The first-order chi connectivity index (χ1) is 9.19. The normalized spacial score (nSPS) is 13.3. The molecular formula is C15H24FN3O. The Bertz CT molecular complexity index is 488. The highest BCUT2D eigenvalue weighted by Crippen LogP contribution is 2.22. The van der Waals surface area contributed by atoms with Gasteiger partial charge in [-0.2, -0.15) is 0 Å². The van der Waals surface area contributed by atoms with E-state index in [0.717, 1.165) is 6.42 Å². The van der Waals surface area contributed by atoms with E-state index in [2.05, 4.69) is 26.1 Å². The molecule has 4 nitrogen and oxygen atoms in total. The van der Waals surface area contributed by atoms with Crippen LogP contribution in [0.3, 0.4) is 0 Å². The van der Waals surface area contributed by atoms with Crippen LogP contribution >= 0.6 is 0 Å². The largest absolute Gasteiger partial charge is 0.397 e. The minimum Gasteiger partial charge on any atom is -0.397 e. The number of anilines is 2. The van der Waals surface area contributed by atoms with Gasteiger partial charge in [0.2, 0.25) is 5.91 Å². The number of benzene rings is 1. The van der Waals surface area contributed by atoms with Crippen LogP contribution in [0.25, 0.3) is 0 Å². The van der Waals surface area contributed by atoms with Crippen molar-refractivity contribution >= 4 is 17.3 Å². The number of carbonyl (C=O) groups is 1. The molecule has 0 aromatic heterocycles. The number of hydrogen-bond acceptors (Lipinski definition) is 3. The van der Waals surface area contributed by atoms with E-state index in [9.17, 15) is 9.18 Å². The van der Waals surface area contributed by atoms with Crippen molar-refractivity contribution in [2.45, 2.75) is 45.7 Å². The first-order valence-electron chi connectivity index (χ1n) is 6.78. The lowest BCUT2D eigenvalue weighted by atomic mass is 9.98. The number of halogens is 1. The SMILES string of the molecule is CCC(C)(C)N(C)C(C)C(=O)Nc1ccc(F)cc1N. The lowest BCUT2D eigenvalue weighted by Crippen LogP contribution is -2.50. The Morgan fingerprint density at radius 3 is 2.60 bits per heavy atom. The van der Waals surface area contributed by atoms with E-state index in [0.29, 0.717) is 5.69 Å². The Morgan fingerprint density at radius 2 is 2.10 bits per heavy atom. The maximum atomic E-state index is 13.0. The van der Waals surface area contributed by atoms with E-state index in [1.165, 1.54) is 18.2 Å².